The predicted molar refractivity (Wildman–Crippen MR) is 89.1 cm³/mol. The molecule has 1 amide bonds. The Morgan fingerprint density at radius 1 is 1.44 bits per heavy atom. The summed E-state index contributed by atoms with van der Waals surface area (Å²) in [5.41, 5.74) is 0.163. The van der Waals surface area contributed by atoms with E-state index in [-0.39, 0.29) is 17.7 Å². The van der Waals surface area contributed by atoms with Gasteiger partial charge in [-0.05, 0) is 39.2 Å². The molecule has 3 rings (SSSR count). The van der Waals surface area contributed by atoms with Crippen LogP contribution in [-0.4, -0.2) is 38.3 Å². The highest BCUT2D eigenvalue weighted by Gasteiger charge is 2.35. The summed E-state index contributed by atoms with van der Waals surface area (Å²) in [5.74, 6) is 0.931. The van der Waals surface area contributed by atoms with Gasteiger partial charge in [0.1, 0.15) is 5.60 Å². The van der Waals surface area contributed by atoms with Crippen LogP contribution in [0.25, 0.3) is 0 Å². The van der Waals surface area contributed by atoms with Crippen molar-refractivity contribution in [3.05, 3.63) is 46.0 Å². The minimum Gasteiger partial charge on any atom is -0.444 e. The largest absolute Gasteiger partial charge is 0.444 e. The predicted octanol–water partition coefficient (Wildman–Crippen LogP) is 2.42. The van der Waals surface area contributed by atoms with Crippen LogP contribution in [0.4, 0.5) is 4.79 Å². The van der Waals surface area contributed by atoms with Crippen LogP contribution in [0.1, 0.15) is 56.9 Å². The molecule has 0 unspecified atom stereocenters. The van der Waals surface area contributed by atoms with Gasteiger partial charge in [-0.15, -0.1) is 0 Å². The molecule has 1 atom stereocenters. The highest BCUT2D eigenvalue weighted by molar-refractivity contribution is 5.69. The van der Waals surface area contributed by atoms with Crippen LogP contribution in [0, 0.1) is 0 Å². The molecule has 25 heavy (non-hydrogen) atoms. The van der Waals surface area contributed by atoms with Gasteiger partial charge in [0.05, 0.1) is 12.5 Å². The first kappa shape index (κ1) is 17.2. The molecule has 0 aromatic carbocycles. The monoisotopic (exact) mass is 346 g/mol. The third-order valence-electron chi connectivity index (χ3n) is 3.87. The number of aromatic amines is 1. The summed E-state index contributed by atoms with van der Waals surface area (Å²) in [6.07, 6.45) is 3.32. The summed E-state index contributed by atoms with van der Waals surface area (Å²) in [6.45, 7) is 6.13. The minimum absolute atomic E-state index is 0.158. The maximum absolute atomic E-state index is 12.4. The van der Waals surface area contributed by atoms with Crippen molar-refractivity contribution < 1.29 is 14.1 Å². The Kier molecular flexibility index (Phi) is 4.61. The van der Waals surface area contributed by atoms with Gasteiger partial charge in [-0.2, -0.15) is 4.98 Å². The molecule has 8 heteroatoms. The quantitative estimate of drug-likeness (QED) is 0.916. The fourth-order valence-corrected chi connectivity index (χ4v) is 2.78. The molecule has 1 aliphatic heterocycles. The van der Waals surface area contributed by atoms with Crippen molar-refractivity contribution in [3.8, 4) is 0 Å². The number of pyridine rings is 1. The SMILES string of the molecule is CC(C)(C)OC(=O)N1CCC[C@H]1c1noc(Cc2ccc(=O)[nH]c2)n1. The molecule has 1 fully saturated rings. The van der Waals surface area contributed by atoms with E-state index in [4.69, 9.17) is 9.26 Å². The second kappa shape index (κ2) is 6.70. The number of aromatic nitrogens is 3. The number of carbonyl (C=O) groups is 1. The maximum atomic E-state index is 12.4. The van der Waals surface area contributed by atoms with Gasteiger partial charge in [-0.25, -0.2) is 4.79 Å². The first-order valence-corrected chi connectivity index (χ1v) is 8.31. The lowest BCUT2D eigenvalue weighted by molar-refractivity contribution is 0.0217. The van der Waals surface area contributed by atoms with Crippen molar-refractivity contribution in [1.82, 2.24) is 20.0 Å². The number of likely N-dealkylation sites (tertiary alicyclic amines) is 1. The van der Waals surface area contributed by atoms with Crippen LogP contribution >= 0.6 is 0 Å². The Hall–Kier alpha value is -2.64. The zero-order chi connectivity index (χ0) is 18.0. The van der Waals surface area contributed by atoms with E-state index >= 15 is 0 Å². The number of H-pyrrole nitrogens is 1. The number of nitrogens with zero attached hydrogens (tertiary/aromatic N) is 3. The molecule has 3 heterocycles. The summed E-state index contributed by atoms with van der Waals surface area (Å²) in [5, 5.41) is 4.03. The normalized spacial score (nSPS) is 17.7. The third kappa shape index (κ3) is 4.26. The molecule has 2 aromatic heterocycles. The Morgan fingerprint density at radius 2 is 2.24 bits per heavy atom. The molecule has 0 spiro atoms. The van der Waals surface area contributed by atoms with Crippen LogP contribution in [0.5, 0.6) is 0 Å². The summed E-state index contributed by atoms with van der Waals surface area (Å²) >= 11 is 0. The molecule has 8 nitrogen and oxygen atoms in total. The maximum Gasteiger partial charge on any atom is 0.410 e. The van der Waals surface area contributed by atoms with E-state index in [1.807, 2.05) is 20.8 Å². The Bertz CT molecular complexity index is 785. The third-order valence-corrected chi connectivity index (χ3v) is 3.87. The highest BCUT2D eigenvalue weighted by atomic mass is 16.6. The lowest BCUT2D eigenvalue weighted by atomic mass is 10.2. The van der Waals surface area contributed by atoms with Gasteiger partial charge in [0.15, 0.2) is 5.82 Å². The molecule has 1 N–H and O–H groups in total. The summed E-state index contributed by atoms with van der Waals surface area (Å²) in [4.78, 5) is 32.1. The first-order chi connectivity index (χ1) is 11.8. The lowest BCUT2D eigenvalue weighted by Gasteiger charge is -2.27. The average Bonchev–Trinajstić information content (AvgIpc) is 3.16. The molecule has 0 aliphatic carbocycles. The molecule has 0 bridgehead atoms. The van der Waals surface area contributed by atoms with Gasteiger partial charge >= 0.3 is 6.09 Å². The zero-order valence-corrected chi connectivity index (χ0v) is 14.6. The first-order valence-electron chi connectivity index (χ1n) is 8.31. The van der Waals surface area contributed by atoms with Crippen molar-refractivity contribution in [1.29, 1.82) is 0 Å². The van der Waals surface area contributed by atoms with Crippen LogP contribution in [0.2, 0.25) is 0 Å². The molecule has 2 aromatic rings. The Labute approximate surface area is 145 Å². The van der Waals surface area contributed by atoms with Crippen molar-refractivity contribution >= 4 is 6.09 Å². The Balaban J connectivity index is 1.71. The lowest BCUT2D eigenvalue weighted by Crippen LogP contribution is -2.36. The number of rotatable bonds is 3. The number of amides is 1. The number of ether oxygens (including phenoxy) is 1. The molecular weight excluding hydrogens is 324 g/mol. The van der Waals surface area contributed by atoms with E-state index in [2.05, 4.69) is 15.1 Å². The van der Waals surface area contributed by atoms with Crippen LogP contribution < -0.4 is 5.56 Å². The van der Waals surface area contributed by atoms with Gasteiger partial charge in [0, 0.05) is 18.8 Å². The van der Waals surface area contributed by atoms with Crippen molar-refractivity contribution in [2.75, 3.05) is 6.54 Å². The summed E-state index contributed by atoms with van der Waals surface area (Å²) in [7, 11) is 0. The van der Waals surface area contributed by atoms with Crippen molar-refractivity contribution in [3.63, 3.8) is 0 Å². The second-order valence-electron chi connectivity index (χ2n) is 7.12. The van der Waals surface area contributed by atoms with Crippen LogP contribution in [0.15, 0.2) is 27.6 Å². The van der Waals surface area contributed by atoms with Crippen molar-refractivity contribution in [2.45, 2.75) is 51.7 Å². The molecule has 0 saturated carbocycles. The topological polar surface area (TPSA) is 101 Å². The van der Waals surface area contributed by atoms with Crippen molar-refractivity contribution in [2.24, 2.45) is 0 Å². The zero-order valence-electron chi connectivity index (χ0n) is 14.6. The van der Waals surface area contributed by atoms with Gasteiger partial charge in [0.2, 0.25) is 11.4 Å². The molecule has 134 valence electrons. The standard InChI is InChI=1S/C17H22N4O4/c1-17(2,3)24-16(23)21-8-4-5-12(21)15-19-14(25-20-15)9-11-6-7-13(22)18-10-11/h6-7,10,12H,4-5,8-9H2,1-3H3,(H,18,22)/t12-/m0/s1. The fraction of sp³-hybridized carbons (Fsp3) is 0.529. The minimum atomic E-state index is -0.545. The molecule has 1 aliphatic rings. The van der Waals surface area contributed by atoms with Gasteiger partial charge < -0.3 is 14.2 Å². The van der Waals surface area contributed by atoms with Gasteiger partial charge in [-0.1, -0.05) is 11.2 Å². The number of hydrogen-bond donors (Lipinski definition) is 1. The Morgan fingerprint density at radius 3 is 2.92 bits per heavy atom. The smallest absolute Gasteiger partial charge is 0.410 e. The highest BCUT2D eigenvalue weighted by Crippen LogP contribution is 2.31. The van der Waals surface area contributed by atoms with Gasteiger partial charge in [-0.3, -0.25) is 9.69 Å². The van der Waals surface area contributed by atoms with Crippen LogP contribution in [-0.2, 0) is 11.2 Å². The van der Waals surface area contributed by atoms with E-state index in [0.717, 1.165) is 18.4 Å². The number of nitrogens with one attached hydrogen (secondary N) is 1. The van der Waals surface area contributed by atoms with E-state index in [9.17, 15) is 9.59 Å². The number of carbonyl (C=O) groups excluding carboxylic acids is 1. The number of hydrogen-bond acceptors (Lipinski definition) is 6. The summed E-state index contributed by atoms with van der Waals surface area (Å²) in [6, 6.07) is 2.93. The average molecular weight is 346 g/mol. The molecule has 0 radical (unpaired) electrons. The van der Waals surface area contributed by atoms with E-state index < -0.39 is 5.60 Å². The van der Waals surface area contributed by atoms with E-state index in [1.165, 1.54) is 6.07 Å². The van der Waals surface area contributed by atoms with Crippen LogP contribution in [0.3, 0.4) is 0 Å². The summed E-state index contributed by atoms with van der Waals surface area (Å²) < 4.78 is 10.8. The fourth-order valence-electron chi connectivity index (χ4n) is 2.78. The van der Waals surface area contributed by atoms with E-state index in [0.29, 0.717) is 24.7 Å². The molecular formula is C17H22N4O4. The molecule has 1 saturated heterocycles. The van der Waals surface area contributed by atoms with E-state index in [1.54, 1.807) is 17.2 Å². The van der Waals surface area contributed by atoms with Gasteiger partial charge in [0.25, 0.3) is 0 Å². The second-order valence-corrected chi connectivity index (χ2v) is 7.12.